The quantitative estimate of drug-likeness (QED) is 0.721. The van der Waals surface area contributed by atoms with Crippen LogP contribution in [0.25, 0.3) is 0 Å². The monoisotopic (exact) mass is 225 g/mol. The van der Waals surface area contributed by atoms with E-state index in [-0.39, 0.29) is 16.7 Å². The van der Waals surface area contributed by atoms with Crippen molar-refractivity contribution in [2.24, 2.45) is 0 Å². The lowest BCUT2D eigenvalue weighted by molar-refractivity contribution is -0.110. The molecule has 0 radical (unpaired) electrons. The van der Waals surface area contributed by atoms with E-state index in [1.54, 1.807) is 12.1 Å². The van der Waals surface area contributed by atoms with Crippen LogP contribution in [-0.2, 0) is 22.1 Å². The summed E-state index contributed by atoms with van der Waals surface area (Å²) in [6, 6.07) is 6.57. The lowest BCUT2D eigenvalue weighted by atomic mass is 10.2. The minimum Gasteiger partial charge on any atom is -0.238 e. The normalized spacial score (nSPS) is 20.9. The van der Waals surface area contributed by atoms with Crippen LogP contribution in [0.5, 0.6) is 0 Å². The highest BCUT2D eigenvalue weighted by molar-refractivity contribution is 8.11. The molecular formula is C12H14FOS+. The van der Waals surface area contributed by atoms with Crippen LogP contribution in [0.3, 0.4) is 0 Å². The van der Waals surface area contributed by atoms with Crippen molar-refractivity contribution in [1.29, 1.82) is 0 Å². The molecule has 0 aliphatic carbocycles. The summed E-state index contributed by atoms with van der Waals surface area (Å²) >= 11 is 0. The molecule has 0 amide bonds. The van der Waals surface area contributed by atoms with Crippen LogP contribution in [-0.4, -0.2) is 16.6 Å². The lowest BCUT2D eigenvalue weighted by Gasteiger charge is -2.00. The number of carbonyl (C=O) groups is 1. The van der Waals surface area contributed by atoms with Crippen LogP contribution in [0.1, 0.15) is 18.4 Å². The largest absolute Gasteiger partial charge is 0.331 e. The summed E-state index contributed by atoms with van der Waals surface area (Å²) in [5, 5.41) is 0.442. The van der Waals surface area contributed by atoms with E-state index < -0.39 is 0 Å². The first kappa shape index (κ1) is 10.7. The Labute approximate surface area is 92.0 Å². The molecule has 0 aromatic heterocycles. The molecule has 1 heterocycles. The average molecular weight is 225 g/mol. The van der Waals surface area contributed by atoms with E-state index in [0.29, 0.717) is 5.12 Å². The van der Waals surface area contributed by atoms with Gasteiger partial charge in [0.25, 0.3) is 0 Å². The molecule has 1 nitrogen and oxygen atoms in total. The van der Waals surface area contributed by atoms with Crippen molar-refractivity contribution in [3.63, 3.8) is 0 Å². The van der Waals surface area contributed by atoms with Crippen LogP contribution in [0.2, 0.25) is 0 Å². The zero-order valence-electron chi connectivity index (χ0n) is 8.54. The smallest absolute Gasteiger partial charge is 0.238 e. The Bertz CT molecular complexity index is 347. The van der Waals surface area contributed by atoms with Crippen molar-refractivity contribution in [3.8, 4) is 0 Å². The molecule has 2 rings (SSSR count). The number of halogens is 1. The second-order valence-electron chi connectivity index (χ2n) is 3.75. The Balaban J connectivity index is 1.87. The predicted molar refractivity (Wildman–Crippen MR) is 61.4 cm³/mol. The standard InChI is InChI=1S/C12H14FOS/c13-11-5-3-10(4-6-11)7-9-15-8-1-2-12(15)14/h3-6H,1-2,7-9H2/q+1. The van der Waals surface area contributed by atoms with Crippen molar-refractivity contribution in [1.82, 2.24) is 0 Å². The van der Waals surface area contributed by atoms with Crippen molar-refractivity contribution in [3.05, 3.63) is 35.6 Å². The molecule has 15 heavy (non-hydrogen) atoms. The van der Waals surface area contributed by atoms with Gasteiger partial charge < -0.3 is 0 Å². The Morgan fingerprint density at radius 2 is 2.00 bits per heavy atom. The third-order valence-corrected chi connectivity index (χ3v) is 4.97. The van der Waals surface area contributed by atoms with Gasteiger partial charge in [0.05, 0.1) is 17.3 Å². The molecule has 1 fully saturated rings. The van der Waals surface area contributed by atoms with Crippen molar-refractivity contribution in [2.75, 3.05) is 11.5 Å². The molecule has 1 aromatic carbocycles. The number of hydrogen-bond donors (Lipinski definition) is 0. The molecule has 1 aromatic rings. The van der Waals surface area contributed by atoms with E-state index in [4.69, 9.17) is 0 Å². The van der Waals surface area contributed by atoms with Gasteiger partial charge in [-0.25, -0.2) is 9.18 Å². The molecular weight excluding hydrogens is 211 g/mol. The number of rotatable bonds is 3. The first-order valence-electron chi connectivity index (χ1n) is 5.20. The maximum Gasteiger partial charge on any atom is 0.331 e. The zero-order valence-corrected chi connectivity index (χ0v) is 9.36. The summed E-state index contributed by atoms with van der Waals surface area (Å²) < 4.78 is 12.6. The summed E-state index contributed by atoms with van der Waals surface area (Å²) in [6.45, 7) is 0. The zero-order chi connectivity index (χ0) is 10.7. The van der Waals surface area contributed by atoms with Gasteiger partial charge in [0, 0.05) is 12.8 Å². The Morgan fingerprint density at radius 3 is 2.60 bits per heavy atom. The number of carbonyl (C=O) groups excluding carboxylic acids is 1. The average Bonchev–Trinajstić information content (AvgIpc) is 2.63. The van der Waals surface area contributed by atoms with Gasteiger partial charge in [-0.15, -0.1) is 0 Å². The van der Waals surface area contributed by atoms with E-state index in [1.165, 1.54) is 12.1 Å². The maximum atomic E-state index is 12.6. The SMILES string of the molecule is O=C1CCC[S+]1CCc1ccc(F)cc1. The van der Waals surface area contributed by atoms with Gasteiger partial charge in [0.2, 0.25) is 0 Å². The van der Waals surface area contributed by atoms with Crippen LogP contribution in [0.15, 0.2) is 24.3 Å². The summed E-state index contributed by atoms with van der Waals surface area (Å²) in [4.78, 5) is 11.4. The fourth-order valence-electron chi connectivity index (χ4n) is 1.76. The molecule has 1 aliphatic rings. The number of aryl methyl sites for hydroxylation is 1. The number of benzene rings is 1. The minimum absolute atomic E-state index is 0.0105. The van der Waals surface area contributed by atoms with Gasteiger partial charge in [0.1, 0.15) is 17.3 Å². The van der Waals surface area contributed by atoms with Crippen molar-refractivity contribution >= 4 is 16.0 Å². The summed E-state index contributed by atoms with van der Waals surface area (Å²) in [6.07, 6.45) is 2.73. The second kappa shape index (κ2) is 4.79. The molecule has 3 heteroatoms. The van der Waals surface area contributed by atoms with Crippen LogP contribution in [0, 0.1) is 5.82 Å². The van der Waals surface area contributed by atoms with Gasteiger partial charge in [-0.05, 0) is 17.7 Å². The molecule has 1 atom stereocenters. The second-order valence-corrected chi connectivity index (χ2v) is 6.01. The van der Waals surface area contributed by atoms with Gasteiger partial charge in [0.15, 0.2) is 0 Å². The summed E-state index contributed by atoms with van der Waals surface area (Å²) in [5.74, 6) is 1.82. The van der Waals surface area contributed by atoms with Crippen LogP contribution in [0.4, 0.5) is 4.39 Å². The molecule has 1 unspecified atom stereocenters. The lowest BCUT2D eigenvalue weighted by Crippen LogP contribution is -2.15. The maximum absolute atomic E-state index is 12.6. The van der Waals surface area contributed by atoms with Gasteiger partial charge in [-0.1, -0.05) is 12.1 Å². The fraction of sp³-hybridized carbons (Fsp3) is 0.417. The first-order chi connectivity index (χ1) is 7.25. The van der Waals surface area contributed by atoms with Gasteiger partial charge in [-0.3, -0.25) is 0 Å². The molecule has 80 valence electrons. The van der Waals surface area contributed by atoms with E-state index in [1.807, 2.05) is 0 Å². The van der Waals surface area contributed by atoms with Crippen LogP contribution < -0.4 is 0 Å². The van der Waals surface area contributed by atoms with E-state index in [2.05, 4.69) is 0 Å². The fourth-order valence-corrected chi connectivity index (χ4v) is 3.82. The molecule has 0 bridgehead atoms. The highest BCUT2D eigenvalue weighted by Gasteiger charge is 2.33. The van der Waals surface area contributed by atoms with Gasteiger partial charge >= 0.3 is 5.12 Å². The summed E-state index contributed by atoms with van der Waals surface area (Å²) in [5.41, 5.74) is 1.13. The minimum atomic E-state index is -0.196. The molecule has 1 saturated heterocycles. The third-order valence-electron chi connectivity index (χ3n) is 2.64. The van der Waals surface area contributed by atoms with E-state index >= 15 is 0 Å². The van der Waals surface area contributed by atoms with E-state index in [0.717, 1.165) is 36.3 Å². The Morgan fingerprint density at radius 1 is 1.27 bits per heavy atom. The Hall–Kier alpha value is -0.830. The summed E-state index contributed by atoms with van der Waals surface area (Å²) in [7, 11) is -0.0105. The number of hydrogen-bond acceptors (Lipinski definition) is 1. The molecule has 0 saturated carbocycles. The van der Waals surface area contributed by atoms with Crippen molar-refractivity contribution < 1.29 is 9.18 Å². The van der Waals surface area contributed by atoms with E-state index in [9.17, 15) is 9.18 Å². The molecule has 0 N–H and O–H groups in total. The first-order valence-corrected chi connectivity index (χ1v) is 6.77. The highest BCUT2D eigenvalue weighted by Crippen LogP contribution is 2.17. The molecule has 1 aliphatic heterocycles. The third kappa shape index (κ3) is 2.81. The van der Waals surface area contributed by atoms with Crippen LogP contribution >= 0.6 is 0 Å². The highest BCUT2D eigenvalue weighted by atomic mass is 32.2. The topological polar surface area (TPSA) is 17.1 Å². The van der Waals surface area contributed by atoms with Crippen molar-refractivity contribution in [2.45, 2.75) is 19.3 Å². The Kier molecular flexibility index (Phi) is 3.41. The van der Waals surface area contributed by atoms with Gasteiger partial charge in [-0.2, -0.15) is 0 Å². The predicted octanol–water partition coefficient (Wildman–Crippen LogP) is 2.31. The molecule has 0 spiro atoms.